The summed E-state index contributed by atoms with van der Waals surface area (Å²) >= 11 is 6.12. The maximum Gasteiger partial charge on any atom is 0.264 e. The smallest absolute Gasteiger partial charge is 0.264 e. The van der Waals surface area contributed by atoms with Crippen LogP contribution in [0.1, 0.15) is 16.2 Å². The molecule has 1 aromatic heterocycles. The number of benzene rings is 3. The van der Waals surface area contributed by atoms with Crippen LogP contribution in [0.15, 0.2) is 83.4 Å². The number of rotatable bonds is 6. The number of nitrogens with one attached hydrogen (secondary N) is 1. The molecule has 4 aromatic rings. The third kappa shape index (κ3) is 4.44. The molecule has 0 bridgehead atoms. The number of carbonyl (C=O) groups excluding carboxylic acids is 1. The third-order valence-corrected chi connectivity index (χ3v) is 4.43. The van der Waals surface area contributed by atoms with Gasteiger partial charge in [-0.05, 0) is 24.3 Å². The lowest BCUT2D eigenvalue weighted by Gasteiger charge is -2.11. The van der Waals surface area contributed by atoms with Crippen molar-refractivity contribution in [3.63, 3.8) is 0 Å². The number of para-hydroxylation sites is 2. The number of hydrogen-bond acceptors (Lipinski definition) is 5. The van der Waals surface area contributed by atoms with Gasteiger partial charge in [-0.2, -0.15) is 4.98 Å². The van der Waals surface area contributed by atoms with Crippen molar-refractivity contribution in [3.05, 3.63) is 95.3 Å². The molecule has 7 heteroatoms. The SMILES string of the molecule is O=C(Nc1ccccc1Cl)c1ccccc1OCc1nc(-c2ccccc2)no1. The van der Waals surface area contributed by atoms with Crippen molar-refractivity contribution < 1.29 is 14.1 Å². The van der Waals surface area contributed by atoms with E-state index in [0.717, 1.165) is 5.56 Å². The number of amides is 1. The van der Waals surface area contributed by atoms with E-state index in [0.29, 0.717) is 33.7 Å². The summed E-state index contributed by atoms with van der Waals surface area (Å²) < 4.78 is 11.0. The van der Waals surface area contributed by atoms with Gasteiger partial charge in [-0.25, -0.2) is 0 Å². The highest BCUT2D eigenvalue weighted by Gasteiger charge is 2.15. The van der Waals surface area contributed by atoms with E-state index in [4.69, 9.17) is 20.9 Å². The number of ether oxygens (including phenoxy) is 1. The van der Waals surface area contributed by atoms with Crippen LogP contribution >= 0.6 is 11.6 Å². The molecule has 0 spiro atoms. The molecule has 1 heterocycles. The van der Waals surface area contributed by atoms with Crippen molar-refractivity contribution in [3.8, 4) is 17.1 Å². The van der Waals surface area contributed by atoms with Crippen molar-refractivity contribution in [1.82, 2.24) is 10.1 Å². The van der Waals surface area contributed by atoms with Gasteiger partial charge in [0, 0.05) is 5.56 Å². The Labute approximate surface area is 172 Å². The Bertz CT molecular complexity index is 1130. The molecule has 0 aliphatic rings. The first-order chi connectivity index (χ1) is 14.2. The number of aromatic nitrogens is 2. The first-order valence-corrected chi connectivity index (χ1v) is 9.24. The number of halogens is 1. The Kier molecular flexibility index (Phi) is 5.54. The fraction of sp³-hybridized carbons (Fsp3) is 0.0455. The highest BCUT2D eigenvalue weighted by molar-refractivity contribution is 6.33. The summed E-state index contributed by atoms with van der Waals surface area (Å²) in [6.07, 6.45) is 0. The average Bonchev–Trinajstić information content (AvgIpc) is 3.24. The predicted molar refractivity (Wildman–Crippen MR) is 110 cm³/mol. The molecule has 6 nitrogen and oxygen atoms in total. The predicted octanol–water partition coefficient (Wildman–Crippen LogP) is 5.22. The topological polar surface area (TPSA) is 77.2 Å². The Morgan fingerprint density at radius 3 is 2.52 bits per heavy atom. The molecule has 0 aliphatic carbocycles. The van der Waals surface area contributed by atoms with Gasteiger partial charge in [0.25, 0.3) is 11.8 Å². The molecule has 1 amide bonds. The van der Waals surface area contributed by atoms with Gasteiger partial charge in [-0.15, -0.1) is 0 Å². The largest absolute Gasteiger partial charge is 0.483 e. The van der Waals surface area contributed by atoms with Gasteiger partial charge in [0.1, 0.15) is 5.75 Å². The van der Waals surface area contributed by atoms with Crippen LogP contribution in [0.4, 0.5) is 5.69 Å². The van der Waals surface area contributed by atoms with E-state index in [9.17, 15) is 4.79 Å². The molecular formula is C22H16ClN3O3. The van der Waals surface area contributed by atoms with Gasteiger partial charge in [0.05, 0.1) is 16.3 Å². The minimum atomic E-state index is -0.329. The Hall–Kier alpha value is -3.64. The molecule has 4 rings (SSSR count). The molecule has 0 fully saturated rings. The van der Waals surface area contributed by atoms with Gasteiger partial charge in [-0.3, -0.25) is 4.79 Å². The summed E-state index contributed by atoms with van der Waals surface area (Å²) in [6.45, 7) is 0.0379. The standard InChI is InChI=1S/C22H16ClN3O3/c23-17-11-5-6-12-18(17)24-22(27)16-10-4-7-13-19(16)28-14-20-25-21(26-29-20)15-8-2-1-3-9-15/h1-13H,14H2,(H,24,27). The zero-order valence-corrected chi connectivity index (χ0v) is 16.0. The fourth-order valence-corrected chi connectivity index (χ4v) is 2.87. The Morgan fingerprint density at radius 1 is 0.966 bits per heavy atom. The maximum atomic E-state index is 12.7. The second-order valence-electron chi connectivity index (χ2n) is 6.10. The van der Waals surface area contributed by atoms with Gasteiger partial charge < -0.3 is 14.6 Å². The minimum Gasteiger partial charge on any atom is -0.483 e. The quantitative estimate of drug-likeness (QED) is 0.475. The van der Waals surface area contributed by atoms with E-state index in [1.165, 1.54) is 0 Å². The summed E-state index contributed by atoms with van der Waals surface area (Å²) in [6, 6.07) is 23.4. The van der Waals surface area contributed by atoms with E-state index < -0.39 is 0 Å². The minimum absolute atomic E-state index is 0.0379. The first-order valence-electron chi connectivity index (χ1n) is 8.86. The summed E-state index contributed by atoms with van der Waals surface area (Å²) in [5.41, 5.74) is 1.75. The number of carbonyl (C=O) groups is 1. The van der Waals surface area contributed by atoms with Crippen LogP contribution in [0.25, 0.3) is 11.4 Å². The molecule has 0 saturated heterocycles. The summed E-state index contributed by atoms with van der Waals surface area (Å²) in [5.74, 6) is 0.861. The van der Waals surface area contributed by atoms with E-state index >= 15 is 0 Å². The third-order valence-electron chi connectivity index (χ3n) is 4.10. The number of nitrogens with zero attached hydrogens (tertiary/aromatic N) is 2. The van der Waals surface area contributed by atoms with Crippen LogP contribution in [0.2, 0.25) is 5.02 Å². The molecule has 144 valence electrons. The number of hydrogen-bond donors (Lipinski definition) is 1. The van der Waals surface area contributed by atoms with Crippen LogP contribution < -0.4 is 10.1 Å². The highest BCUT2D eigenvalue weighted by atomic mass is 35.5. The monoisotopic (exact) mass is 405 g/mol. The molecule has 1 N–H and O–H groups in total. The van der Waals surface area contributed by atoms with E-state index in [1.54, 1.807) is 48.5 Å². The van der Waals surface area contributed by atoms with Gasteiger partial charge in [0.15, 0.2) is 6.61 Å². The second kappa shape index (κ2) is 8.58. The summed E-state index contributed by atoms with van der Waals surface area (Å²) in [7, 11) is 0. The fourth-order valence-electron chi connectivity index (χ4n) is 2.69. The Morgan fingerprint density at radius 2 is 1.69 bits per heavy atom. The van der Waals surface area contributed by atoms with E-state index in [-0.39, 0.29) is 12.5 Å². The van der Waals surface area contributed by atoms with Crippen LogP contribution in [0.5, 0.6) is 5.75 Å². The number of anilines is 1. The van der Waals surface area contributed by atoms with Crippen LogP contribution in [-0.2, 0) is 6.61 Å². The molecule has 3 aromatic carbocycles. The van der Waals surface area contributed by atoms with Crippen LogP contribution in [0, 0.1) is 0 Å². The normalized spacial score (nSPS) is 10.5. The highest BCUT2D eigenvalue weighted by Crippen LogP contribution is 2.25. The van der Waals surface area contributed by atoms with Crippen molar-refractivity contribution >= 4 is 23.2 Å². The van der Waals surface area contributed by atoms with Crippen LogP contribution in [-0.4, -0.2) is 16.0 Å². The lowest BCUT2D eigenvalue weighted by molar-refractivity contribution is 0.102. The lowest BCUT2D eigenvalue weighted by atomic mass is 10.2. The molecule has 29 heavy (non-hydrogen) atoms. The van der Waals surface area contributed by atoms with Crippen molar-refractivity contribution in [2.24, 2.45) is 0 Å². The van der Waals surface area contributed by atoms with Gasteiger partial charge in [-0.1, -0.05) is 71.4 Å². The van der Waals surface area contributed by atoms with Crippen molar-refractivity contribution in [1.29, 1.82) is 0 Å². The molecular weight excluding hydrogens is 390 g/mol. The second-order valence-corrected chi connectivity index (χ2v) is 6.50. The summed E-state index contributed by atoms with van der Waals surface area (Å²) in [4.78, 5) is 17.0. The van der Waals surface area contributed by atoms with Crippen molar-refractivity contribution in [2.45, 2.75) is 6.61 Å². The van der Waals surface area contributed by atoms with Gasteiger partial charge >= 0.3 is 0 Å². The molecule has 0 saturated carbocycles. The van der Waals surface area contributed by atoms with E-state index in [2.05, 4.69) is 15.5 Å². The first kappa shape index (κ1) is 18.7. The molecule has 0 radical (unpaired) electrons. The molecule has 0 unspecified atom stereocenters. The summed E-state index contributed by atoms with van der Waals surface area (Å²) in [5, 5.41) is 7.21. The molecule has 0 aliphatic heterocycles. The maximum absolute atomic E-state index is 12.7. The zero-order chi connectivity index (χ0) is 20.1. The lowest BCUT2D eigenvalue weighted by Crippen LogP contribution is -2.14. The zero-order valence-electron chi connectivity index (χ0n) is 15.2. The molecule has 0 atom stereocenters. The van der Waals surface area contributed by atoms with Crippen molar-refractivity contribution in [2.75, 3.05) is 5.32 Å². The van der Waals surface area contributed by atoms with Gasteiger partial charge in [0.2, 0.25) is 5.82 Å². The van der Waals surface area contributed by atoms with Crippen LogP contribution in [0.3, 0.4) is 0 Å². The average molecular weight is 406 g/mol. The van der Waals surface area contributed by atoms with E-state index in [1.807, 2.05) is 30.3 Å². The Balaban J connectivity index is 1.47.